The fourth-order valence-corrected chi connectivity index (χ4v) is 3.15. The fourth-order valence-electron chi connectivity index (χ4n) is 1.83. The van der Waals surface area contributed by atoms with Gasteiger partial charge < -0.3 is 4.57 Å². The molecule has 0 bridgehead atoms. The summed E-state index contributed by atoms with van der Waals surface area (Å²) in [7, 11) is 1.75. The first-order valence-corrected chi connectivity index (χ1v) is 7.76. The lowest BCUT2D eigenvalue weighted by atomic mass is 10.1. The predicted molar refractivity (Wildman–Crippen MR) is 79.0 cm³/mol. The fraction of sp³-hybridized carbons (Fsp3) is 0.385. The van der Waals surface area contributed by atoms with Crippen molar-refractivity contribution in [2.75, 3.05) is 5.33 Å². The minimum atomic E-state index is 0.00823. The van der Waals surface area contributed by atoms with Gasteiger partial charge in [0.25, 0.3) is 0 Å². The molecular formula is C13H14BrNO2S. The maximum Gasteiger partial charge on any atom is 0.307 e. The van der Waals surface area contributed by atoms with Crippen LogP contribution in [0.4, 0.5) is 0 Å². The third kappa shape index (κ3) is 2.72. The number of fused-ring (bicyclic) bond motifs is 1. The van der Waals surface area contributed by atoms with E-state index in [1.807, 2.05) is 18.2 Å². The van der Waals surface area contributed by atoms with E-state index in [0.717, 1.165) is 28.4 Å². The zero-order valence-electron chi connectivity index (χ0n) is 10.1. The van der Waals surface area contributed by atoms with Gasteiger partial charge in [-0.15, -0.1) is 0 Å². The van der Waals surface area contributed by atoms with Crippen LogP contribution < -0.4 is 4.87 Å². The van der Waals surface area contributed by atoms with E-state index in [-0.39, 0.29) is 10.7 Å². The van der Waals surface area contributed by atoms with Gasteiger partial charge in [0.2, 0.25) is 0 Å². The van der Waals surface area contributed by atoms with E-state index >= 15 is 0 Å². The normalized spacial score (nSPS) is 11.0. The molecule has 0 aliphatic rings. The molecule has 2 rings (SSSR count). The molecular weight excluding hydrogens is 314 g/mol. The van der Waals surface area contributed by atoms with Crippen molar-refractivity contribution in [3.8, 4) is 0 Å². The monoisotopic (exact) mass is 327 g/mol. The number of aromatic nitrogens is 1. The van der Waals surface area contributed by atoms with Gasteiger partial charge in [0.15, 0.2) is 5.78 Å². The van der Waals surface area contributed by atoms with Gasteiger partial charge >= 0.3 is 4.87 Å². The zero-order chi connectivity index (χ0) is 13.1. The summed E-state index contributed by atoms with van der Waals surface area (Å²) in [5.74, 6) is 0.154. The number of aryl methyl sites for hydroxylation is 1. The summed E-state index contributed by atoms with van der Waals surface area (Å²) in [4.78, 5) is 23.5. The van der Waals surface area contributed by atoms with E-state index in [0.29, 0.717) is 12.0 Å². The number of nitrogens with zero attached hydrogens (tertiary/aromatic N) is 1. The molecule has 3 nitrogen and oxygen atoms in total. The Hall–Kier alpha value is -0.940. The number of ketones is 1. The average Bonchev–Trinajstić information content (AvgIpc) is 2.65. The average molecular weight is 328 g/mol. The van der Waals surface area contributed by atoms with Crippen molar-refractivity contribution < 1.29 is 4.79 Å². The maximum absolute atomic E-state index is 12.0. The summed E-state index contributed by atoms with van der Waals surface area (Å²) >= 11 is 4.54. The first kappa shape index (κ1) is 13.5. The molecule has 0 saturated carbocycles. The van der Waals surface area contributed by atoms with Crippen LogP contribution in [0.25, 0.3) is 10.2 Å². The molecule has 1 heterocycles. The number of thiazole rings is 1. The second-order valence-corrected chi connectivity index (χ2v) is 5.96. The minimum absolute atomic E-state index is 0.00823. The molecule has 0 fully saturated rings. The van der Waals surface area contributed by atoms with Crippen LogP contribution in [0.15, 0.2) is 23.0 Å². The Balaban J connectivity index is 2.24. The third-order valence-electron chi connectivity index (χ3n) is 2.90. The van der Waals surface area contributed by atoms with Gasteiger partial charge in [-0.2, -0.15) is 0 Å². The van der Waals surface area contributed by atoms with E-state index in [2.05, 4.69) is 15.9 Å². The van der Waals surface area contributed by atoms with Gasteiger partial charge in [-0.25, -0.2) is 0 Å². The zero-order valence-corrected chi connectivity index (χ0v) is 12.5. The Bertz CT molecular complexity index is 629. The second-order valence-electron chi connectivity index (χ2n) is 4.18. The molecule has 0 aliphatic heterocycles. The summed E-state index contributed by atoms with van der Waals surface area (Å²) < 4.78 is 2.49. The van der Waals surface area contributed by atoms with E-state index in [4.69, 9.17) is 0 Å². The van der Waals surface area contributed by atoms with Crippen molar-refractivity contribution in [2.45, 2.75) is 19.3 Å². The molecule has 0 N–H and O–H groups in total. The molecule has 0 unspecified atom stereocenters. The Morgan fingerprint density at radius 1 is 1.39 bits per heavy atom. The highest BCUT2D eigenvalue weighted by molar-refractivity contribution is 9.09. The Kier molecular flexibility index (Phi) is 4.35. The first-order chi connectivity index (χ1) is 8.63. The molecule has 0 spiro atoms. The number of carbonyl (C=O) groups is 1. The summed E-state index contributed by atoms with van der Waals surface area (Å²) in [6.45, 7) is 0. The summed E-state index contributed by atoms with van der Waals surface area (Å²) in [5, 5.41) is 0.930. The van der Waals surface area contributed by atoms with E-state index in [9.17, 15) is 9.59 Å². The number of halogens is 1. The highest BCUT2D eigenvalue weighted by Crippen LogP contribution is 2.19. The van der Waals surface area contributed by atoms with Gasteiger partial charge in [-0.1, -0.05) is 27.3 Å². The molecule has 96 valence electrons. The number of unbranched alkanes of at least 4 members (excludes halogenated alkanes) is 1. The second kappa shape index (κ2) is 5.80. The quantitative estimate of drug-likeness (QED) is 0.480. The number of rotatable bonds is 5. The van der Waals surface area contributed by atoms with Gasteiger partial charge in [-0.05, 0) is 31.0 Å². The lowest BCUT2D eigenvalue weighted by Gasteiger charge is -2.01. The van der Waals surface area contributed by atoms with Crippen LogP contribution in [0.5, 0.6) is 0 Å². The van der Waals surface area contributed by atoms with E-state index in [1.165, 1.54) is 11.3 Å². The van der Waals surface area contributed by atoms with Gasteiger partial charge in [-0.3, -0.25) is 9.59 Å². The number of hydrogen-bond acceptors (Lipinski definition) is 3. The van der Waals surface area contributed by atoms with Crippen LogP contribution in [0.2, 0.25) is 0 Å². The number of alkyl halides is 1. The van der Waals surface area contributed by atoms with Gasteiger partial charge in [0.05, 0.1) is 10.2 Å². The van der Waals surface area contributed by atoms with Crippen LogP contribution in [-0.4, -0.2) is 15.7 Å². The Morgan fingerprint density at radius 2 is 2.17 bits per heavy atom. The minimum Gasteiger partial charge on any atom is -0.302 e. The molecule has 2 aromatic rings. The van der Waals surface area contributed by atoms with Crippen molar-refractivity contribution in [1.29, 1.82) is 0 Å². The van der Waals surface area contributed by atoms with Crippen molar-refractivity contribution >= 4 is 43.3 Å². The highest BCUT2D eigenvalue weighted by atomic mass is 79.9. The lowest BCUT2D eigenvalue weighted by Crippen LogP contribution is -2.06. The molecule has 18 heavy (non-hydrogen) atoms. The van der Waals surface area contributed by atoms with Crippen LogP contribution in [0.3, 0.4) is 0 Å². The molecule has 0 amide bonds. The molecule has 0 atom stereocenters. The van der Waals surface area contributed by atoms with Crippen molar-refractivity contribution in [1.82, 2.24) is 4.57 Å². The van der Waals surface area contributed by atoms with Crippen molar-refractivity contribution in [3.63, 3.8) is 0 Å². The van der Waals surface area contributed by atoms with Crippen molar-refractivity contribution in [3.05, 3.63) is 33.4 Å². The third-order valence-corrected chi connectivity index (χ3v) is 4.46. The standard InChI is InChI=1S/C13H14BrNO2S/c1-15-10-6-5-9(8-12(10)18-13(15)17)11(16)4-2-3-7-14/h5-6,8H,2-4,7H2,1H3. The number of benzene rings is 1. The molecule has 5 heteroatoms. The van der Waals surface area contributed by atoms with Crippen LogP contribution in [-0.2, 0) is 7.05 Å². The molecule has 1 aromatic carbocycles. The summed E-state index contributed by atoms with van der Waals surface area (Å²) in [6.07, 6.45) is 2.47. The Morgan fingerprint density at radius 3 is 2.89 bits per heavy atom. The SMILES string of the molecule is Cn1c(=O)sc2cc(C(=O)CCCCBr)ccc21. The number of Topliss-reactive ketones (excluding diaryl/α,β-unsaturated/α-hetero) is 1. The largest absolute Gasteiger partial charge is 0.307 e. The van der Waals surface area contributed by atoms with Crippen LogP contribution in [0.1, 0.15) is 29.6 Å². The summed E-state index contributed by atoms with van der Waals surface area (Å²) in [6, 6.07) is 5.49. The molecule has 0 saturated heterocycles. The smallest absolute Gasteiger partial charge is 0.302 e. The molecule has 1 aromatic heterocycles. The van der Waals surface area contributed by atoms with Crippen molar-refractivity contribution in [2.24, 2.45) is 7.05 Å². The predicted octanol–water partition coefficient (Wildman–Crippen LogP) is 3.35. The Labute approximate surface area is 118 Å². The topological polar surface area (TPSA) is 39.1 Å². The first-order valence-electron chi connectivity index (χ1n) is 5.82. The lowest BCUT2D eigenvalue weighted by molar-refractivity contribution is 0.0980. The highest BCUT2D eigenvalue weighted by Gasteiger charge is 2.09. The number of hydrogen-bond donors (Lipinski definition) is 0. The molecule has 0 aliphatic carbocycles. The van der Waals surface area contributed by atoms with E-state index < -0.39 is 0 Å². The summed E-state index contributed by atoms with van der Waals surface area (Å²) in [5.41, 5.74) is 1.60. The molecule has 0 radical (unpaired) electrons. The van der Waals surface area contributed by atoms with Crippen LogP contribution >= 0.6 is 27.3 Å². The van der Waals surface area contributed by atoms with Gasteiger partial charge in [0.1, 0.15) is 0 Å². The van der Waals surface area contributed by atoms with Gasteiger partial charge in [0, 0.05) is 24.4 Å². The van der Waals surface area contributed by atoms with E-state index in [1.54, 1.807) is 11.6 Å². The number of carbonyl (C=O) groups excluding carboxylic acids is 1. The van der Waals surface area contributed by atoms with Crippen LogP contribution in [0, 0.1) is 0 Å². The maximum atomic E-state index is 12.0.